The van der Waals surface area contributed by atoms with Crippen LogP contribution in [0.15, 0.2) is 53.6 Å². The van der Waals surface area contributed by atoms with Crippen LogP contribution in [0, 0.1) is 0 Å². The van der Waals surface area contributed by atoms with Crippen LogP contribution in [0.25, 0.3) is 10.9 Å². The number of rotatable bonds is 5. The maximum Gasteiger partial charge on any atom is 0.259 e. The summed E-state index contributed by atoms with van der Waals surface area (Å²) in [4.78, 5) is 13.3. The molecule has 3 aromatic rings. The van der Waals surface area contributed by atoms with Gasteiger partial charge in [0.25, 0.3) is 5.91 Å². The molecule has 1 amide bonds. The highest BCUT2D eigenvalue weighted by atomic mass is 32.2. The van der Waals surface area contributed by atoms with Gasteiger partial charge >= 0.3 is 0 Å². The summed E-state index contributed by atoms with van der Waals surface area (Å²) in [6.45, 7) is 1.01. The maximum atomic E-state index is 13.2. The normalized spacial score (nSPS) is 15.5. The molecular formula is C23H27N3O4S. The molecule has 0 spiro atoms. The SMILES string of the molecule is COc1ccc(S(=O)(=O)N2CCCCCC2)cc1C(=O)Nc1cccc2c1ccn2C. The zero-order valence-corrected chi connectivity index (χ0v) is 18.6. The lowest BCUT2D eigenvalue weighted by Gasteiger charge is -2.20. The van der Waals surface area contributed by atoms with Crippen LogP contribution >= 0.6 is 0 Å². The van der Waals surface area contributed by atoms with E-state index in [-0.39, 0.29) is 10.5 Å². The van der Waals surface area contributed by atoms with Gasteiger partial charge in [0, 0.05) is 37.2 Å². The Morgan fingerprint density at radius 1 is 1.03 bits per heavy atom. The van der Waals surface area contributed by atoms with Gasteiger partial charge in [0.1, 0.15) is 5.75 Å². The molecule has 1 aliphatic heterocycles. The third kappa shape index (κ3) is 4.18. The van der Waals surface area contributed by atoms with Crippen LogP contribution in [0.3, 0.4) is 0 Å². The highest BCUT2D eigenvalue weighted by Crippen LogP contribution is 2.29. The topological polar surface area (TPSA) is 80.6 Å². The molecule has 1 aromatic heterocycles. The van der Waals surface area contributed by atoms with E-state index in [2.05, 4.69) is 5.32 Å². The highest BCUT2D eigenvalue weighted by Gasteiger charge is 2.27. The number of hydrogen-bond donors (Lipinski definition) is 1. The van der Waals surface area contributed by atoms with Crippen molar-refractivity contribution in [2.24, 2.45) is 7.05 Å². The summed E-state index contributed by atoms with van der Waals surface area (Å²) in [5.74, 6) is -0.0892. The lowest BCUT2D eigenvalue weighted by molar-refractivity contribution is 0.102. The monoisotopic (exact) mass is 441 g/mol. The van der Waals surface area contributed by atoms with Gasteiger partial charge in [-0.1, -0.05) is 18.9 Å². The minimum absolute atomic E-state index is 0.110. The summed E-state index contributed by atoms with van der Waals surface area (Å²) in [6.07, 6.45) is 5.70. The number of benzene rings is 2. The van der Waals surface area contributed by atoms with Gasteiger partial charge < -0.3 is 14.6 Å². The molecule has 1 fully saturated rings. The van der Waals surface area contributed by atoms with Crippen LogP contribution in [-0.4, -0.2) is 43.4 Å². The number of aryl methyl sites for hydroxylation is 1. The van der Waals surface area contributed by atoms with E-state index in [1.165, 1.54) is 23.5 Å². The number of carbonyl (C=O) groups is 1. The Hall–Kier alpha value is -2.84. The zero-order valence-electron chi connectivity index (χ0n) is 17.8. The van der Waals surface area contributed by atoms with E-state index in [1.807, 2.05) is 42.1 Å². The molecule has 7 nitrogen and oxygen atoms in total. The Bertz CT molecular complexity index is 1210. The Kier molecular flexibility index (Phi) is 6.02. The number of amides is 1. The predicted octanol–water partition coefficient (Wildman–Crippen LogP) is 4.00. The number of ether oxygens (including phenoxy) is 1. The molecule has 4 rings (SSSR count). The van der Waals surface area contributed by atoms with Gasteiger partial charge in [-0.05, 0) is 49.2 Å². The molecule has 0 atom stereocenters. The zero-order chi connectivity index (χ0) is 22.0. The van der Waals surface area contributed by atoms with Crippen molar-refractivity contribution in [1.29, 1.82) is 0 Å². The molecule has 1 saturated heterocycles. The van der Waals surface area contributed by atoms with Crippen molar-refractivity contribution < 1.29 is 17.9 Å². The van der Waals surface area contributed by atoms with Crippen molar-refractivity contribution in [2.75, 3.05) is 25.5 Å². The summed E-state index contributed by atoms with van der Waals surface area (Å²) in [5.41, 5.74) is 1.83. The molecule has 0 saturated carbocycles. The second-order valence-corrected chi connectivity index (χ2v) is 9.74. The molecule has 0 bridgehead atoms. The van der Waals surface area contributed by atoms with E-state index in [4.69, 9.17) is 4.74 Å². The lowest BCUT2D eigenvalue weighted by atomic mass is 10.1. The van der Waals surface area contributed by atoms with Gasteiger partial charge in [-0.3, -0.25) is 4.79 Å². The van der Waals surface area contributed by atoms with Gasteiger partial charge in [0.05, 0.1) is 23.3 Å². The summed E-state index contributed by atoms with van der Waals surface area (Å²) in [6, 6.07) is 12.1. The second kappa shape index (κ2) is 8.72. The van der Waals surface area contributed by atoms with Crippen molar-refractivity contribution >= 4 is 32.5 Å². The Labute approximate surface area is 182 Å². The van der Waals surface area contributed by atoms with E-state index >= 15 is 0 Å². The van der Waals surface area contributed by atoms with Crippen LogP contribution in [0.1, 0.15) is 36.0 Å². The standard InChI is InChI=1S/C23H27N3O4S/c1-25-15-12-18-20(8-7-9-21(18)25)24-23(27)19-16-17(10-11-22(19)30-2)31(28,29)26-13-5-3-4-6-14-26/h7-12,15-16H,3-6,13-14H2,1-2H3,(H,24,27). The molecule has 1 N–H and O–H groups in total. The second-order valence-electron chi connectivity index (χ2n) is 7.80. The fourth-order valence-corrected chi connectivity index (χ4v) is 5.60. The number of nitrogens with one attached hydrogen (secondary N) is 1. The molecule has 8 heteroatoms. The first-order valence-corrected chi connectivity index (χ1v) is 11.9. The first kappa shape index (κ1) is 21.4. The number of methoxy groups -OCH3 is 1. The summed E-state index contributed by atoms with van der Waals surface area (Å²) >= 11 is 0. The molecule has 164 valence electrons. The molecule has 1 aliphatic rings. The number of hydrogen-bond acceptors (Lipinski definition) is 4. The molecule has 0 radical (unpaired) electrons. The Morgan fingerprint density at radius 3 is 2.48 bits per heavy atom. The van der Waals surface area contributed by atoms with E-state index in [0.717, 1.165) is 36.6 Å². The molecule has 2 aromatic carbocycles. The molecule has 31 heavy (non-hydrogen) atoms. The first-order valence-electron chi connectivity index (χ1n) is 10.5. The molecule has 0 unspecified atom stereocenters. The largest absolute Gasteiger partial charge is 0.496 e. The average molecular weight is 442 g/mol. The summed E-state index contributed by atoms with van der Waals surface area (Å²) < 4.78 is 35.3. The van der Waals surface area contributed by atoms with Gasteiger partial charge in [-0.2, -0.15) is 4.31 Å². The number of fused-ring (bicyclic) bond motifs is 1. The molecule has 2 heterocycles. The van der Waals surface area contributed by atoms with Crippen molar-refractivity contribution in [3.63, 3.8) is 0 Å². The van der Waals surface area contributed by atoms with Gasteiger partial charge in [-0.15, -0.1) is 0 Å². The van der Waals surface area contributed by atoms with Crippen molar-refractivity contribution in [3.8, 4) is 5.75 Å². The number of nitrogens with zero attached hydrogens (tertiary/aromatic N) is 2. The smallest absolute Gasteiger partial charge is 0.259 e. The number of aromatic nitrogens is 1. The third-order valence-electron chi connectivity index (χ3n) is 5.79. The third-order valence-corrected chi connectivity index (χ3v) is 7.69. The summed E-state index contributed by atoms with van der Waals surface area (Å²) in [7, 11) is -0.272. The summed E-state index contributed by atoms with van der Waals surface area (Å²) in [5, 5.41) is 3.82. The van der Waals surface area contributed by atoms with Gasteiger partial charge in [0.15, 0.2) is 0 Å². The van der Waals surface area contributed by atoms with Gasteiger partial charge in [-0.25, -0.2) is 8.42 Å². The fourth-order valence-electron chi connectivity index (χ4n) is 4.06. The highest BCUT2D eigenvalue weighted by molar-refractivity contribution is 7.89. The maximum absolute atomic E-state index is 13.2. The van der Waals surface area contributed by atoms with Crippen LogP contribution in [0.4, 0.5) is 5.69 Å². The van der Waals surface area contributed by atoms with Crippen molar-refractivity contribution in [1.82, 2.24) is 8.87 Å². The molecule has 0 aliphatic carbocycles. The number of anilines is 1. The Balaban J connectivity index is 1.68. The number of carbonyl (C=O) groups excluding carboxylic acids is 1. The van der Waals surface area contributed by atoms with E-state index in [9.17, 15) is 13.2 Å². The average Bonchev–Trinajstić information content (AvgIpc) is 2.97. The van der Waals surface area contributed by atoms with Crippen LogP contribution < -0.4 is 10.1 Å². The Morgan fingerprint density at radius 2 is 1.77 bits per heavy atom. The molecular weight excluding hydrogens is 414 g/mol. The van der Waals surface area contributed by atoms with Crippen molar-refractivity contribution in [2.45, 2.75) is 30.6 Å². The number of sulfonamides is 1. The van der Waals surface area contributed by atoms with E-state index < -0.39 is 15.9 Å². The lowest BCUT2D eigenvalue weighted by Crippen LogP contribution is -2.32. The van der Waals surface area contributed by atoms with Crippen LogP contribution in [-0.2, 0) is 17.1 Å². The van der Waals surface area contributed by atoms with E-state index in [1.54, 1.807) is 6.07 Å². The first-order chi connectivity index (χ1) is 14.9. The van der Waals surface area contributed by atoms with Crippen LogP contribution in [0.2, 0.25) is 0 Å². The van der Waals surface area contributed by atoms with Crippen LogP contribution in [0.5, 0.6) is 5.75 Å². The minimum Gasteiger partial charge on any atom is -0.496 e. The van der Waals surface area contributed by atoms with E-state index in [0.29, 0.717) is 24.5 Å². The van der Waals surface area contributed by atoms with Gasteiger partial charge in [0.2, 0.25) is 10.0 Å². The predicted molar refractivity (Wildman–Crippen MR) is 121 cm³/mol. The van der Waals surface area contributed by atoms with Crippen molar-refractivity contribution in [3.05, 3.63) is 54.2 Å². The minimum atomic E-state index is -3.68. The quantitative estimate of drug-likeness (QED) is 0.649. The fraction of sp³-hybridized carbons (Fsp3) is 0.348.